The molecular weight excluding hydrogens is 581 g/mol. The Hall–Kier alpha value is -3.07. The number of benzene rings is 1. The number of esters is 2. The Morgan fingerprint density at radius 3 is 2.45 bits per heavy atom. The van der Waals surface area contributed by atoms with Gasteiger partial charge in [0.1, 0.15) is 15.7 Å². The highest BCUT2D eigenvalue weighted by atomic mass is 32.2. The van der Waals surface area contributed by atoms with Gasteiger partial charge in [0.25, 0.3) is 5.91 Å². The minimum Gasteiger partial charge on any atom is -0.462 e. The van der Waals surface area contributed by atoms with Crippen molar-refractivity contribution in [2.24, 2.45) is 4.99 Å². The lowest BCUT2D eigenvalue weighted by atomic mass is 10.1. The van der Waals surface area contributed by atoms with Crippen molar-refractivity contribution in [3.63, 3.8) is 0 Å². The number of ether oxygens (including phenoxy) is 3. The number of amides is 2. The van der Waals surface area contributed by atoms with Gasteiger partial charge < -0.3 is 24.1 Å². The van der Waals surface area contributed by atoms with E-state index in [4.69, 9.17) is 14.2 Å². The topological polar surface area (TPSA) is 125 Å². The van der Waals surface area contributed by atoms with Crippen LogP contribution in [0.1, 0.15) is 46.4 Å². The van der Waals surface area contributed by atoms with Crippen molar-refractivity contribution in [2.75, 3.05) is 43.3 Å². The van der Waals surface area contributed by atoms with E-state index in [9.17, 15) is 23.6 Å². The standard InChI is InChI=1S/C26H30FN3O7S3/c1-5-35-11-10-30-17-9-8-16(27)12-18(17)39-26(30)29-20(32)14-38-13-19(31)28-23-21(24(33)36-6-2)15(4)22(40-23)25(34)37-7-3/h8-9,12H,5-7,10-11,13-14H2,1-4H3,(H,28,31). The summed E-state index contributed by atoms with van der Waals surface area (Å²) in [7, 11) is 0. The Bertz CT molecular complexity index is 1460. The minimum atomic E-state index is -0.662. The molecule has 0 atom stereocenters. The van der Waals surface area contributed by atoms with Crippen LogP contribution in [0.4, 0.5) is 9.39 Å². The Kier molecular flexibility index (Phi) is 11.9. The highest BCUT2D eigenvalue weighted by Crippen LogP contribution is 2.34. The third-order valence-electron chi connectivity index (χ3n) is 5.33. The summed E-state index contributed by atoms with van der Waals surface area (Å²) in [5, 5.41) is 2.82. The number of rotatable bonds is 13. The first kappa shape index (κ1) is 31.5. The van der Waals surface area contributed by atoms with E-state index in [1.54, 1.807) is 26.8 Å². The Labute approximate surface area is 242 Å². The molecule has 1 N–H and O–H groups in total. The van der Waals surface area contributed by atoms with Crippen molar-refractivity contribution in [2.45, 2.75) is 34.2 Å². The predicted molar refractivity (Wildman–Crippen MR) is 154 cm³/mol. The SMILES string of the molecule is CCOCCn1c(=NC(=O)CSCC(=O)Nc2sc(C(=O)OCC)c(C)c2C(=O)OCC)sc2cc(F)ccc21. The molecule has 0 fully saturated rings. The van der Waals surface area contributed by atoms with Gasteiger partial charge in [0.15, 0.2) is 4.80 Å². The van der Waals surface area contributed by atoms with Crippen LogP contribution in [0.3, 0.4) is 0 Å². The fourth-order valence-corrected chi connectivity index (χ4v) is 6.43. The Balaban J connectivity index is 1.70. The van der Waals surface area contributed by atoms with Crippen LogP contribution in [-0.2, 0) is 30.3 Å². The number of carbonyl (C=O) groups is 4. The van der Waals surface area contributed by atoms with Gasteiger partial charge in [0.2, 0.25) is 5.91 Å². The zero-order valence-corrected chi connectivity index (χ0v) is 25.0. The minimum absolute atomic E-state index is 0.0796. The van der Waals surface area contributed by atoms with E-state index in [0.29, 0.717) is 34.8 Å². The second kappa shape index (κ2) is 15.1. The summed E-state index contributed by atoms with van der Waals surface area (Å²) < 4.78 is 31.8. The summed E-state index contributed by atoms with van der Waals surface area (Å²) in [6.07, 6.45) is 0. The molecule has 10 nitrogen and oxygen atoms in total. The molecule has 0 aliphatic rings. The monoisotopic (exact) mass is 611 g/mol. The number of fused-ring (bicyclic) bond motifs is 1. The fourth-order valence-electron chi connectivity index (χ4n) is 3.62. The van der Waals surface area contributed by atoms with Crippen LogP contribution in [0, 0.1) is 12.7 Å². The molecule has 2 amide bonds. The van der Waals surface area contributed by atoms with Gasteiger partial charge in [-0.05, 0) is 51.5 Å². The van der Waals surface area contributed by atoms with Gasteiger partial charge in [-0.3, -0.25) is 9.59 Å². The third kappa shape index (κ3) is 7.99. The molecule has 14 heteroatoms. The lowest BCUT2D eigenvalue weighted by Gasteiger charge is -2.07. The van der Waals surface area contributed by atoms with Crippen LogP contribution in [0.5, 0.6) is 0 Å². The quantitative estimate of drug-likeness (QED) is 0.223. The fraction of sp³-hybridized carbons (Fsp3) is 0.423. The molecule has 0 spiro atoms. The molecule has 0 radical (unpaired) electrons. The molecule has 2 heterocycles. The number of anilines is 1. The van der Waals surface area contributed by atoms with Gasteiger partial charge in [-0.25, -0.2) is 14.0 Å². The van der Waals surface area contributed by atoms with E-state index in [0.717, 1.165) is 28.6 Å². The average Bonchev–Trinajstić information content (AvgIpc) is 3.40. The van der Waals surface area contributed by atoms with Crippen molar-refractivity contribution in [1.82, 2.24) is 4.57 Å². The number of thioether (sulfide) groups is 1. The normalized spacial score (nSPS) is 11.6. The molecule has 0 bridgehead atoms. The van der Waals surface area contributed by atoms with Crippen LogP contribution in [0.25, 0.3) is 10.2 Å². The first-order valence-electron chi connectivity index (χ1n) is 12.5. The summed E-state index contributed by atoms with van der Waals surface area (Å²) in [6.45, 7) is 8.46. The molecule has 3 rings (SSSR count). The van der Waals surface area contributed by atoms with E-state index >= 15 is 0 Å². The Morgan fingerprint density at radius 1 is 1.02 bits per heavy atom. The molecule has 0 saturated heterocycles. The largest absolute Gasteiger partial charge is 0.462 e. The van der Waals surface area contributed by atoms with Crippen LogP contribution >= 0.6 is 34.4 Å². The summed E-state index contributed by atoms with van der Waals surface area (Å²) in [5.74, 6) is -2.75. The van der Waals surface area contributed by atoms with E-state index in [-0.39, 0.29) is 46.0 Å². The number of nitrogens with one attached hydrogen (secondary N) is 1. The molecule has 3 aromatic rings. The summed E-state index contributed by atoms with van der Waals surface area (Å²) in [5.41, 5.74) is 1.20. The van der Waals surface area contributed by atoms with E-state index in [2.05, 4.69) is 10.3 Å². The average molecular weight is 612 g/mol. The first-order valence-corrected chi connectivity index (χ1v) is 15.3. The van der Waals surface area contributed by atoms with Gasteiger partial charge in [0, 0.05) is 13.2 Å². The second-order valence-electron chi connectivity index (χ2n) is 8.09. The molecule has 0 saturated carbocycles. The highest BCUT2D eigenvalue weighted by molar-refractivity contribution is 8.00. The van der Waals surface area contributed by atoms with Crippen molar-refractivity contribution in [3.05, 3.63) is 44.8 Å². The van der Waals surface area contributed by atoms with Crippen molar-refractivity contribution in [3.8, 4) is 0 Å². The van der Waals surface area contributed by atoms with Crippen molar-refractivity contribution >= 4 is 73.4 Å². The first-order chi connectivity index (χ1) is 19.2. The zero-order chi connectivity index (χ0) is 29.2. The van der Waals surface area contributed by atoms with E-state index < -0.39 is 23.8 Å². The highest BCUT2D eigenvalue weighted by Gasteiger charge is 2.27. The molecule has 40 heavy (non-hydrogen) atoms. The number of nitrogens with zero attached hydrogens (tertiary/aromatic N) is 2. The van der Waals surface area contributed by atoms with Crippen LogP contribution in [0.15, 0.2) is 23.2 Å². The smallest absolute Gasteiger partial charge is 0.348 e. The van der Waals surface area contributed by atoms with Crippen molar-refractivity contribution in [1.29, 1.82) is 0 Å². The zero-order valence-electron chi connectivity index (χ0n) is 22.5. The lowest BCUT2D eigenvalue weighted by molar-refractivity contribution is -0.115. The van der Waals surface area contributed by atoms with E-state index in [1.165, 1.54) is 23.5 Å². The maximum absolute atomic E-state index is 13.7. The maximum Gasteiger partial charge on any atom is 0.348 e. The van der Waals surface area contributed by atoms with Crippen molar-refractivity contribution < 1.29 is 37.8 Å². The number of aromatic nitrogens is 1. The number of thiophene rings is 1. The Morgan fingerprint density at radius 2 is 1.75 bits per heavy atom. The predicted octanol–water partition coefficient (Wildman–Crippen LogP) is 4.40. The molecule has 0 aliphatic carbocycles. The third-order valence-corrected chi connectivity index (χ3v) is 8.47. The lowest BCUT2D eigenvalue weighted by Crippen LogP contribution is -2.20. The number of halogens is 1. The molecule has 2 aromatic heterocycles. The summed E-state index contributed by atoms with van der Waals surface area (Å²) >= 11 is 3.17. The second-order valence-corrected chi connectivity index (χ2v) is 11.1. The molecule has 1 aromatic carbocycles. The molecule has 0 aliphatic heterocycles. The number of carbonyl (C=O) groups excluding carboxylic acids is 4. The van der Waals surface area contributed by atoms with Gasteiger partial charge in [-0.15, -0.1) is 23.1 Å². The van der Waals surface area contributed by atoms with Gasteiger partial charge in [0.05, 0.1) is 47.1 Å². The van der Waals surface area contributed by atoms with Gasteiger partial charge in [-0.2, -0.15) is 4.99 Å². The molecular formula is C26H30FN3O7S3. The van der Waals surface area contributed by atoms with E-state index in [1.807, 2.05) is 11.5 Å². The maximum atomic E-state index is 13.7. The number of hydrogen-bond donors (Lipinski definition) is 1. The molecule has 216 valence electrons. The van der Waals surface area contributed by atoms with Crippen LogP contribution in [-0.4, -0.2) is 66.3 Å². The molecule has 0 unspecified atom stereocenters. The van der Waals surface area contributed by atoms with Crippen LogP contribution < -0.4 is 10.1 Å². The number of hydrogen-bond acceptors (Lipinski definition) is 10. The van der Waals surface area contributed by atoms with Crippen LogP contribution in [0.2, 0.25) is 0 Å². The van der Waals surface area contributed by atoms with Gasteiger partial charge in [-0.1, -0.05) is 11.3 Å². The summed E-state index contributed by atoms with van der Waals surface area (Å²) in [6, 6.07) is 4.38. The summed E-state index contributed by atoms with van der Waals surface area (Å²) in [4.78, 5) is 54.9. The number of thiazole rings is 1. The van der Waals surface area contributed by atoms with Gasteiger partial charge >= 0.3 is 11.9 Å².